The smallest absolute Gasteiger partial charge is 0.333 e. The Bertz CT molecular complexity index is 984. The average Bonchev–Trinajstić information content (AvgIpc) is 3.64. The van der Waals surface area contributed by atoms with Gasteiger partial charge < -0.3 is 15.1 Å². The highest BCUT2D eigenvalue weighted by molar-refractivity contribution is 5.89. The van der Waals surface area contributed by atoms with Crippen LogP contribution in [0.4, 0.5) is 23.7 Å². The van der Waals surface area contributed by atoms with E-state index in [1.165, 1.54) is 6.07 Å². The van der Waals surface area contributed by atoms with Gasteiger partial charge in [0.1, 0.15) is 0 Å². The van der Waals surface area contributed by atoms with Crippen LogP contribution in [0.25, 0.3) is 0 Å². The molecule has 4 rings (SSSR count). The molecule has 1 aliphatic carbocycles. The first-order valence-corrected chi connectivity index (χ1v) is 11.3. The number of alkyl halides is 3. The number of carbonyl (C=O) groups excluding carboxylic acids is 2. The minimum absolute atomic E-state index is 0.0227. The summed E-state index contributed by atoms with van der Waals surface area (Å²) in [6.45, 7) is 2.73. The van der Waals surface area contributed by atoms with E-state index in [1.54, 1.807) is 22.8 Å². The second-order valence-electron chi connectivity index (χ2n) is 8.83. The first kappa shape index (κ1) is 23.1. The van der Waals surface area contributed by atoms with Crippen molar-refractivity contribution < 1.29 is 22.8 Å². The lowest BCUT2D eigenvalue weighted by Crippen LogP contribution is -2.46. The van der Waals surface area contributed by atoms with Gasteiger partial charge in [-0.2, -0.15) is 13.2 Å². The molecule has 1 saturated heterocycles. The lowest BCUT2D eigenvalue weighted by molar-refractivity contribution is -0.139. The van der Waals surface area contributed by atoms with E-state index in [-0.39, 0.29) is 23.9 Å². The number of rotatable bonds is 5. The van der Waals surface area contributed by atoms with Gasteiger partial charge >= 0.3 is 12.2 Å². The Labute approximate surface area is 191 Å². The van der Waals surface area contributed by atoms with Gasteiger partial charge in [0, 0.05) is 30.7 Å². The van der Waals surface area contributed by atoms with Gasteiger partial charge in [0.05, 0.1) is 11.6 Å². The monoisotopic (exact) mass is 459 g/mol. The second kappa shape index (κ2) is 9.45. The molecule has 1 unspecified atom stereocenters. The van der Waals surface area contributed by atoms with Gasteiger partial charge in [0.25, 0.3) is 0 Å². The maximum absolute atomic E-state index is 13.4. The number of urea groups is 1. The maximum Gasteiger partial charge on any atom is 0.416 e. The number of nitrogens with one attached hydrogen (secondary N) is 1. The van der Waals surface area contributed by atoms with Crippen LogP contribution in [0.3, 0.4) is 0 Å². The quantitative estimate of drug-likeness (QED) is 0.624. The normalized spacial score (nSPS) is 18.0. The fourth-order valence-corrected chi connectivity index (χ4v) is 4.44. The summed E-state index contributed by atoms with van der Waals surface area (Å²) in [4.78, 5) is 29.4. The Kier molecular flexibility index (Phi) is 6.63. The van der Waals surface area contributed by atoms with Gasteiger partial charge in [-0.25, -0.2) is 4.79 Å². The molecule has 0 aromatic heterocycles. The molecule has 2 fully saturated rings. The molecule has 33 heavy (non-hydrogen) atoms. The molecular weight excluding hydrogens is 431 g/mol. The summed E-state index contributed by atoms with van der Waals surface area (Å²) < 4.78 is 39.5. The largest absolute Gasteiger partial charge is 0.416 e. The predicted octanol–water partition coefficient (Wildman–Crippen LogP) is 5.70. The third kappa shape index (κ3) is 5.49. The molecule has 1 N–H and O–H groups in total. The number of para-hydroxylation sites is 1. The number of halogens is 3. The summed E-state index contributed by atoms with van der Waals surface area (Å²) in [6, 6.07) is 13.9. The van der Waals surface area contributed by atoms with Crippen molar-refractivity contribution >= 4 is 17.6 Å². The van der Waals surface area contributed by atoms with E-state index in [1.807, 2.05) is 30.3 Å². The Morgan fingerprint density at radius 3 is 2.27 bits per heavy atom. The molecule has 1 aliphatic heterocycles. The molecule has 1 atom stereocenters. The zero-order chi connectivity index (χ0) is 23.6. The molecule has 5 nitrogen and oxygen atoms in total. The van der Waals surface area contributed by atoms with Crippen LogP contribution in [0, 0.1) is 5.92 Å². The molecule has 3 amide bonds. The number of amides is 3. The van der Waals surface area contributed by atoms with Crippen molar-refractivity contribution in [1.82, 2.24) is 9.80 Å². The van der Waals surface area contributed by atoms with Crippen LogP contribution in [0.2, 0.25) is 0 Å². The Hall–Kier alpha value is -3.03. The van der Waals surface area contributed by atoms with Crippen molar-refractivity contribution in [2.24, 2.45) is 5.92 Å². The molecule has 2 aromatic carbocycles. The molecule has 0 bridgehead atoms. The number of nitrogens with zero attached hydrogens (tertiary/aromatic N) is 2. The van der Waals surface area contributed by atoms with Crippen molar-refractivity contribution in [3.8, 4) is 0 Å². The summed E-state index contributed by atoms with van der Waals surface area (Å²) in [5.41, 5.74) is 0.507. The summed E-state index contributed by atoms with van der Waals surface area (Å²) in [6.07, 6.45) is -1.60. The molecule has 2 aliphatic rings. The van der Waals surface area contributed by atoms with E-state index in [0.29, 0.717) is 31.5 Å². The van der Waals surface area contributed by atoms with E-state index < -0.39 is 17.8 Å². The fourth-order valence-electron chi connectivity index (χ4n) is 4.44. The lowest BCUT2D eigenvalue weighted by Gasteiger charge is -2.37. The standard InChI is InChI=1S/C25H28F3N3O2/c1-17(19-6-5-7-20(16-19)25(26,27)28)31(22-10-11-22)23(32)18-12-14-30(15-13-18)24(33)29-21-8-3-2-4-9-21/h2-9,16-18,22H,10-15H2,1H3,(H,29,33). The minimum Gasteiger partial charge on any atom is -0.333 e. The second-order valence-corrected chi connectivity index (χ2v) is 8.83. The van der Waals surface area contributed by atoms with E-state index in [0.717, 1.165) is 30.7 Å². The summed E-state index contributed by atoms with van der Waals surface area (Å²) >= 11 is 0. The summed E-state index contributed by atoms with van der Waals surface area (Å²) in [5.74, 6) is -0.259. The van der Waals surface area contributed by atoms with E-state index in [9.17, 15) is 22.8 Å². The average molecular weight is 460 g/mol. The zero-order valence-corrected chi connectivity index (χ0v) is 18.5. The third-order valence-electron chi connectivity index (χ3n) is 6.46. The van der Waals surface area contributed by atoms with Crippen LogP contribution >= 0.6 is 0 Å². The van der Waals surface area contributed by atoms with Gasteiger partial charge in [0.2, 0.25) is 5.91 Å². The molecular formula is C25H28F3N3O2. The third-order valence-corrected chi connectivity index (χ3v) is 6.46. The Morgan fingerprint density at radius 2 is 1.67 bits per heavy atom. The van der Waals surface area contributed by atoms with Crippen molar-refractivity contribution in [1.29, 1.82) is 0 Å². The molecule has 8 heteroatoms. The van der Waals surface area contributed by atoms with Crippen LogP contribution in [0.1, 0.15) is 49.8 Å². The molecule has 0 spiro atoms. The van der Waals surface area contributed by atoms with E-state index in [2.05, 4.69) is 5.32 Å². The summed E-state index contributed by atoms with van der Waals surface area (Å²) in [5, 5.41) is 2.86. The number of hydrogen-bond donors (Lipinski definition) is 1. The van der Waals surface area contributed by atoms with Gasteiger partial charge in [-0.15, -0.1) is 0 Å². The molecule has 1 heterocycles. The van der Waals surface area contributed by atoms with Crippen LogP contribution in [-0.2, 0) is 11.0 Å². The van der Waals surface area contributed by atoms with Crippen molar-refractivity contribution in [3.05, 3.63) is 65.7 Å². The van der Waals surface area contributed by atoms with Crippen LogP contribution < -0.4 is 5.32 Å². The highest BCUT2D eigenvalue weighted by Gasteiger charge is 2.40. The zero-order valence-electron chi connectivity index (χ0n) is 18.5. The summed E-state index contributed by atoms with van der Waals surface area (Å²) in [7, 11) is 0. The first-order chi connectivity index (χ1) is 15.7. The molecule has 1 saturated carbocycles. The van der Waals surface area contributed by atoms with Crippen molar-refractivity contribution in [3.63, 3.8) is 0 Å². The number of hydrogen-bond acceptors (Lipinski definition) is 2. The minimum atomic E-state index is -4.42. The van der Waals surface area contributed by atoms with Crippen LogP contribution in [0.5, 0.6) is 0 Å². The van der Waals surface area contributed by atoms with Crippen LogP contribution in [0.15, 0.2) is 54.6 Å². The van der Waals surface area contributed by atoms with Gasteiger partial charge in [-0.3, -0.25) is 4.79 Å². The van der Waals surface area contributed by atoms with Crippen molar-refractivity contribution in [2.75, 3.05) is 18.4 Å². The van der Waals surface area contributed by atoms with Crippen LogP contribution in [-0.4, -0.2) is 40.9 Å². The Balaban J connectivity index is 1.40. The molecule has 0 radical (unpaired) electrons. The van der Waals surface area contributed by atoms with Gasteiger partial charge in [-0.1, -0.05) is 30.3 Å². The van der Waals surface area contributed by atoms with Gasteiger partial charge in [-0.05, 0) is 62.4 Å². The predicted molar refractivity (Wildman–Crippen MR) is 119 cm³/mol. The number of carbonyl (C=O) groups is 2. The molecule has 176 valence electrons. The SMILES string of the molecule is CC(c1cccc(C(F)(F)F)c1)N(C(=O)C1CCN(C(=O)Nc2ccccc2)CC1)C1CC1. The Morgan fingerprint density at radius 1 is 1.00 bits per heavy atom. The highest BCUT2D eigenvalue weighted by atomic mass is 19.4. The number of piperidine rings is 1. The number of benzene rings is 2. The topological polar surface area (TPSA) is 52.7 Å². The molecule has 2 aromatic rings. The lowest BCUT2D eigenvalue weighted by atomic mass is 9.93. The van der Waals surface area contributed by atoms with E-state index in [4.69, 9.17) is 0 Å². The van der Waals surface area contributed by atoms with Crippen molar-refractivity contribution in [2.45, 2.75) is 50.9 Å². The number of anilines is 1. The number of likely N-dealkylation sites (tertiary alicyclic amines) is 1. The highest BCUT2D eigenvalue weighted by Crippen LogP contribution is 2.38. The maximum atomic E-state index is 13.4. The fraction of sp³-hybridized carbons (Fsp3) is 0.440. The van der Waals surface area contributed by atoms with E-state index >= 15 is 0 Å². The first-order valence-electron chi connectivity index (χ1n) is 11.3. The van der Waals surface area contributed by atoms with Gasteiger partial charge in [0.15, 0.2) is 0 Å².